The van der Waals surface area contributed by atoms with Crippen molar-refractivity contribution in [2.24, 2.45) is 0 Å². The van der Waals surface area contributed by atoms with Gasteiger partial charge < -0.3 is 10.3 Å². The molecule has 0 bridgehead atoms. The first-order valence-electron chi connectivity index (χ1n) is 7.93. The molecule has 0 aliphatic heterocycles. The summed E-state index contributed by atoms with van der Waals surface area (Å²) in [5.41, 5.74) is 2.10. The Balaban J connectivity index is 1.53. The van der Waals surface area contributed by atoms with Gasteiger partial charge in [0.15, 0.2) is 5.82 Å². The van der Waals surface area contributed by atoms with Crippen LogP contribution in [0.25, 0.3) is 22.2 Å². The van der Waals surface area contributed by atoms with E-state index >= 15 is 0 Å². The Labute approximate surface area is 158 Å². The largest absolute Gasteiger partial charge is 0.419 e. The maximum Gasteiger partial charge on any atom is 0.257 e. The lowest BCUT2D eigenvalue weighted by Crippen LogP contribution is -2.12. The first-order valence-corrected chi connectivity index (χ1v) is 9.69. The first-order chi connectivity index (χ1) is 12.6. The summed E-state index contributed by atoms with van der Waals surface area (Å²) >= 11 is 2.98. The monoisotopic (exact) mass is 384 g/mol. The molecule has 132 valence electrons. The van der Waals surface area contributed by atoms with Gasteiger partial charge in [-0.1, -0.05) is 47.7 Å². The standard InChI is InChI=1S/C17H16N6OS2/c1-10-5-7-12(8-6-10)14-19-22-17(23(14)18)26-11(2)15-20-21-16(24-15)13-4-3-9-25-13/h3-9,11H,18H2,1-2H3/t11-/m0/s1. The minimum atomic E-state index is -0.103. The van der Waals surface area contributed by atoms with Crippen LogP contribution in [0.1, 0.15) is 23.6 Å². The molecule has 26 heavy (non-hydrogen) atoms. The van der Waals surface area contributed by atoms with Crippen molar-refractivity contribution in [1.29, 1.82) is 0 Å². The number of hydrogen-bond donors (Lipinski definition) is 1. The molecule has 2 N–H and O–H groups in total. The Morgan fingerprint density at radius 2 is 1.92 bits per heavy atom. The van der Waals surface area contributed by atoms with Crippen molar-refractivity contribution in [2.75, 3.05) is 5.84 Å². The molecule has 0 saturated carbocycles. The Morgan fingerprint density at radius 3 is 2.65 bits per heavy atom. The maximum absolute atomic E-state index is 6.19. The number of thioether (sulfide) groups is 1. The predicted molar refractivity (Wildman–Crippen MR) is 102 cm³/mol. The van der Waals surface area contributed by atoms with Crippen LogP contribution in [0.15, 0.2) is 51.4 Å². The lowest BCUT2D eigenvalue weighted by Gasteiger charge is -2.07. The molecular formula is C17H16N6OS2. The molecule has 9 heteroatoms. The van der Waals surface area contributed by atoms with Crippen LogP contribution in [0.3, 0.4) is 0 Å². The molecule has 4 rings (SSSR count). The van der Waals surface area contributed by atoms with Crippen LogP contribution >= 0.6 is 23.1 Å². The maximum atomic E-state index is 6.19. The molecule has 7 nitrogen and oxygen atoms in total. The van der Waals surface area contributed by atoms with Crippen molar-refractivity contribution in [3.63, 3.8) is 0 Å². The molecule has 0 fully saturated rings. The van der Waals surface area contributed by atoms with Gasteiger partial charge in [-0.2, -0.15) is 0 Å². The van der Waals surface area contributed by atoms with Crippen LogP contribution in [-0.4, -0.2) is 25.1 Å². The van der Waals surface area contributed by atoms with E-state index < -0.39 is 0 Å². The van der Waals surface area contributed by atoms with Gasteiger partial charge in [0.25, 0.3) is 5.89 Å². The van der Waals surface area contributed by atoms with Crippen molar-refractivity contribution < 1.29 is 4.42 Å². The summed E-state index contributed by atoms with van der Waals surface area (Å²) in [6.45, 7) is 4.01. The number of aromatic nitrogens is 5. The summed E-state index contributed by atoms with van der Waals surface area (Å²) in [6, 6.07) is 11.9. The van der Waals surface area contributed by atoms with Gasteiger partial charge in [0.2, 0.25) is 11.0 Å². The Hall–Kier alpha value is -2.65. The molecule has 0 radical (unpaired) electrons. The second-order valence-corrected chi connectivity index (χ2v) is 7.98. The molecule has 4 aromatic rings. The molecule has 0 unspecified atom stereocenters. The van der Waals surface area contributed by atoms with Gasteiger partial charge in [-0.25, -0.2) is 4.68 Å². The molecule has 3 aromatic heterocycles. The molecule has 3 heterocycles. The van der Waals surface area contributed by atoms with Crippen molar-refractivity contribution >= 4 is 23.1 Å². The van der Waals surface area contributed by atoms with Crippen LogP contribution in [-0.2, 0) is 0 Å². The quantitative estimate of drug-likeness (QED) is 0.411. The molecule has 0 aliphatic carbocycles. The summed E-state index contributed by atoms with van der Waals surface area (Å²) in [6.07, 6.45) is 0. The van der Waals surface area contributed by atoms with Crippen molar-refractivity contribution in [3.05, 3.63) is 53.2 Å². The van der Waals surface area contributed by atoms with Gasteiger partial charge >= 0.3 is 0 Å². The summed E-state index contributed by atoms with van der Waals surface area (Å²) in [5.74, 6) is 7.85. The fraction of sp³-hybridized carbons (Fsp3) is 0.176. The zero-order valence-electron chi connectivity index (χ0n) is 14.2. The van der Waals surface area contributed by atoms with Crippen molar-refractivity contribution in [2.45, 2.75) is 24.3 Å². The number of benzene rings is 1. The normalized spacial score (nSPS) is 12.4. The zero-order chi connectivity index (χ0) is 18.1. The summed E-state index contributed by atoms with van der Waals surface area (Å²) in [4.78, 5) is 0.949. The molecule has 1 atom stereocenters. The lowest BCUT2D eigenvalue weighted by molar-refractivity contribution is 0.510. The highest BCUT2D eigenvalue weighted by molar-refractivity contribution is 7.99. The average Bonchev–Trinajstić information content (AvgIpc) is 3.37. The SMILES string of the molecule is Cc1ccc(-c2nnc(S[C@@H](C)c3nnc(-c4cccs4)o3)n2N)cc1. The van der Waals surface area contributed by atoms with E-state index in [2.05, 4.69) is 20.4 Å². The number of nitrogens with zero attached hydrogens (tertiary/aromatic N) is 5. The van der Waals surface area contributed by atoms with Crippen LogP contribution in [0, 0.1) is 6.92 Å². The summed E-state index contributed by atoms with van der Waals surface area (Å²) < 4.78 is 7.26. The van der Waals surface area contributed by atoms with Gasteiger partial charge in [0, 0.05) is 5.56 Å². The van der Waals surface area contributed by atoms with E-state index in [0.717, 1.165) is 10.4 Å². The topological polar surface area (TPSA) is 95.6 Å². The highest BCUT2D eigenvalue weighted by Crippen LogP contribution is 2.35. The first kappa shape index (κ1) is 16.8. The predicted octanol–water partition coefficient (Wildman–Crippen LogP) is 3.93. The van der Waals surface area contributed by atoms with Crippen molar-refractivity contribution in [3.8, 4) is 22.2 Å². The summed E-state index contributed by atoms with van der Waals surface area (Å²) in [5, 5.41) is 19.1. The van der Waals surface area contributed by atoms with E-state index in [0.29, 0.717) is 22.8 Å². The van der Waals surface area contributed by atoms with Crippen LogP contribution in [0.4, 0.5) is 0 Å². The van der Waals surface area contributed by atoms with Crippen molar-refractivity contribution in [1.82, 2.24) is 25.1 Å². The number of rotatable bonds is 5. The minimum Gasteiger partial charge on any atom is -0.419 e. The van der Waals surface area contributed by atoms with Crippen LogP contribution in [0.2, 0.25) is 0 Å². The van der Waals surface area contributed by atoms with Gasteiger partial charge in [0.1, 0.15) is 0 Å². The third-order valence-electron chi connectivity index (χ3n) is 3.78. The van der Waals surface area contributed by atoms with E-state index in [1.54, 1.807) is 11.3 Å². The highest BCUT2D eigenvalue weighted by Gasteiger charge is 2.21. The van der Waals surface area contributed by atoms with Gasteiger partial charge in [-0.15, -0.1) is 31.7 Å². The Kier molecular flexibility index (Phi) is 4.48. The number of thiophene rings is 1. The number of aryl methyl sites for hydroxylation is 1. The molecular weight excluding hydrogens is 368 g/mol. The van der Waals surface area contributed by atoms with E-state index in [4.69, 9.17) is 10.3 Å². The van der Waals surface area contributed by atoms with Gasteiger partial charge in [0.05, 0.1) is 10.1 Å². The Bertz CT molecular complexity index is 1010. The van der Waals surface area contributed by atoms with Gasteiger partial charge in [-0.3, -0.25) is 0 Å². The molecule has 0 saturated heterocycles. The number of nitrogen functional groups attached to an aromatic ring is 1. The van der Waals surface area contributed by atoms with E-state index in [9.17, 15) is 0 Å². The van der Waals surface area contributed by atoms with E-state index in [1.165, 1.54) is 22.0 Å². The zero-order valence-corrected chi connectivity index (χ0v) is 15.8. The molecule has 1 aromatic carbocycles. The van der Waals surface area contributed by atoms with E-state index in [1.807, 2.05) is 55.6 Å². The smallest absolute Gasteiger partial charge is 0.257 e. The Morgan fingerprint density at radius 1 is 1.12 bits per heavy atom. The fourth-order valence-corrected chi connectivity index (χ4v) is 3.81. The second-order valence-electron chi connectivity index (χ2n) is 5.73. The third-order valence-corrected chi connectivity index (χ3v) is 5.68. The molecule has 0 spiro atoms. The second kappa shape index (κ2) is 6.93. The van der Waals surface area contributed by atoms with Crippen LogP contribution < -0.4 is 5.84 Å². The molecule has 0 aliphatic rings. The minimum absolute atomic E-state index is 0.103. The van der Waals surface area contributed by atoms with E-state index in [-0.39, 0.29) is 5.25 Å². The third kappa shape index (κ3) is 3.23. The molecule has 0 amide bonds. The summed E-state index contributed by atoms with van der Waals surface area (Å²) in [7, 11) is 0. The highest BCUT2D eigenvalue weighted by atomic mass is 32.2. The average molecular weight is 384 g/mol. The lowest BCUT2D eigenvalue weighted by atomic mass is 10.1. The number of hydrogen-bond acceptors (Lipinski definition) is 8. The number of nitrogens with two attached hydrogens (primary N) is 1. The fourth-order valence-electron chi connectivity index (χ4n) is 2.36. The van der Waals surface area contributed by atoms with Gasteiger partial charge in [-0.05, 0) is 25.3 Å². The van der Waals surface area contributed by atoms with Crippen LogP contribution in [0.5, 0.6) is 0 Å².